The molecule has 0 spiro atoms. The maximum Gasteiger partial charge on any atom is 0.104 e. The number of nitrogens with one attached hydrogen (secondary N) is 1. The first-order valence-corrected chi connectivity index (χ1v) is 8.51. The molecule has 0 bridgehead atoms. The normalized spacial score (nSPS) is 14.4. The van der Waals surface area contributed by atoms with Crippen molar-refractivity contribution >= 4 is 35.0 Å². The number of halogens is 2. The lowest BCUT2D eigenvalue weighted by Gasteiger charge is -2.09. The quantitative estimate of drug-likeness (QED) is 0.820. The molecular formula is C16H16Cl2N2S. The van der Waals surface area contributed by atoms with Crippen LogP contribution in [0.1, 0.15) is 24.0 Å². The zero-order valence-electron chi connectivity index (χ0n) is 11.7. The minimum Gasteiger partial charge on any atom is -0.310 e. The Bertz CT molecular complexity index is 657. The Morgan fingerprint density at radius 2 is 2.10 bits per heavy atom. The van der Waals surface area contributed by atoms with E-state index in [-0.39, 0.29) is 0 Å². The number of benzene rings is 1. The molecule has 0 aliphatic heterocycles. The molecule has 1 aromatic carbocycles. The minimum atomic E-state index is 0.685. The van der Waals surface area contributed by atoms with Gasteiger partial charge in [0.25, 0.3) is 0 Å². The number of pyridine rings is 1. The third-order valence-electron chi connectivity index (χ3n) is 3.36. The lowest BCUT2D eigenvalue weighted by molar-refractivity contribution is 0.684. The summed E-state index contributed by atoms with van der Waals surface area (Å²) in [4.78, 5) is 5.50. The summed E-state index contributed by atoms with van der Waals surface area (Å²) >= 11 is 13.8. The Morgan fingerprint density at radius 1 is 1.29 bits per heavy atom. The van der Waals surface area contributed by atoms with Crippen molar-refractivity contribution in [2.45, 2.75) is 42.3 Å². The van der Waals surface area contributed by atoms with E-state index in [4.69, 9.17) is 23.2 Å². The monoisotopic (exact) mass is 338 g/mol. The third-order valence-corrected chi connectivity index (χ3v) is 5.21. The van der Waals surface area contributed by atoms with E-state index in [0.29, 0.717) is 16.1 Å². The SMILES string of the molecule is Cc1cc(CNC2CC2)cnc1Sc1cc(Cl)ccc1Cl. The molecule has 0 amide bonds. The first kappa shape index (κ1) is 15.2. The molecule has 2 nitrogen and oxygen atoms in total. The fourth-order valence-corrected chi connectivity index (χ4v) is 3.39. The number of aromatic nitrogens is 1. The molecule has 1 N–H and O–H groups in total. The number of hydrogen-bond donors (Lipinski definition) is 1. The lowest BCUT2D eigenvalue weighted by Crippen LogP contribution is -2.15. The zero-order chi connectivity index (χ0) is 14.8. The summed E-state index contributed by atoms with van der Waals surface area (Å²) in [6.45, 7) is 2.97. The van der Waals surface area contributed by atoms with E-state index in [1.807, 2.05) is 18.3 Å². The van der Waals surface area contributed by atoms with Crippen molar-refractivity contribution in [1.82, 2.24) is 10.3 Å². The number of nitrogens with zero attached hydrogens (tertiary/aromatic N) is 1. The molecule has 1 heterocycles. The number of hydrogen-bond acceptors (Lipinski definition) is 3. The maximum absolute atomic E-state index is 6.20. The van der Waals surface area contributed by atoms with Crippen molar-refractivity contribution < 1.29 is 0 Å². The van der Waals surface area contributed by atoms with Crippen molar-refractivity contribution in [2.75, 3.05) is 0 Å². The van der Waals surface area contributed by atoms with Crippen LogP contribution in [0.25, 0.3) is 0 Å². The molecule has 2 aromatic rings. The molecule has 1 aromatic heterocycles. The average molecular weight is 339 g/mol. The van der Waals surface area contributed by atoms with Gasteiger partial charge in [0.15, 0.2) is 0 Å². The standard InChI is InChI=1S/C16H16Cl2N2S/c1-10-6-11(8-19-13-3-4-13)9-20-16(10)21-15-7-12(17)2-5-14(15)18/h2,5-7,9,13,19H,3-4,8H2,1H3. The summed E-state index contributed by atoms with van der Waals surface area (Å²) in [7, 11) is 0. The molecule has 1 fully saturated rings. The van der Waals surface area contributed by atoms with Crippen LogP contribution in [0.15, 0.2) is 40.4 Å². The van der Waals surface area contributed by atoms with Gasteiger partial charge in [0, 0.05) is 28.7 Å². The van der Waals surface area contributed by atoms with Gasteiger partial charge in [-0.15, -0.1) is 0 Å². The fourth-order valence-electron chi connectivity index (χ4n) is 2.03. The summed E-state index contributed by atoms with van der Waals surface area (Å²) < 4.78 is 0. The summed E-state index contributed by atoms with van der Waals surface area (Å²) in [6, 6.07) is 8.38. The molecule has 110 valence electrons. The van der Waals surface area contributed by atoms with Crippen LogP contribution in [0.4, 0.5) is 0 Å². The van der Waals surface area contributed by atoms with Crippen LogP contribution in [-0.2, 0) is 6.54 Å². The molecule has 21 heavy (non-hydrogen) atoms. The number of rotatable bonds is 5. The summed E-state index contributed by atoms with van der Waals surface area (Å²) in [5.74, 6) is 0. The highest BCUT2D eigenvalue weighted by molar-refractivity contribution is 7.99. The third kappa shape index (κ3) is 4.13. The van der Waals surface area contributed by atoms with Gasteiger partial charge < -0.3 is 5.32 Å². The molecule has 1 saturated carbocycles. The Kier molecular flexibility index (Phi) is 4.75. The van der Waals surface area contributed by atoms with Crippen LogP contribution < -0.4 is 5.32 Å². The molecule has 0 unspecified atom stereocenters. The van der Waals surface area contributed by atoms with Gasteiger partial charge in [-0.2, -0.15) is 0 Å². The Balaban J connectivity index is 1.74. The topological polar surface area (TPSA) is 24.9 Å². The number of aryl methyl sites for hydroxylation is 1. The minimum absolute atomic E-state index is 0.685. The molecule has 5 heteroatoms. The largest absolute Gasteiger partial charge is 0.310 e. The van der Waals surface area contributed by atoms with Gasteiger partial charge in [0.2, 0.25) is 0 Å². The van der Waals surface area contributed by atoms with Crippen molar-refractivity contribution in [3.63, 3.8) is 0 Å². The fraction of sp³-hybridized carbons (Fsp3) is 0.312. The molecule has 0 atom stereocenters. The second kappa shape index (κ2) is 6.57. The lowest BCUT2D eigenvalue weighted by atomic mass is 10.2. The summed E-state index contributed by atoms with van der Waals surface area (Å²) in [5, 5.41) is 5.85. The Hall–Kier alpha value is -0.740. The van der Waals surface area contributed by atoms with Crippen molar-refractivity contribution in [2.24, 2.45) is 0 Å². The van der Waals surface area contributed by atoms with Crippen molar-refractivity contribution in [1.29, 1.82) is 0 Å². The maximum atomic E-state index is 6.20. The highest BCUT2D eigenvalue weighted by Crippen LogP contribution is 2.35. The first-order valence-electron chi connectivity index (χ1n) is 6.93. The van der Waals surface area contributed by atoms with Gasteiger partial charge in [0.1, 0.15) is 5.03 Å². The van der Waals surface area contributed by atoms with E-state index in [0.717, 1.165) is 22.0 Å². The zero-order valence-corrected chi connectivity index (χ0v) is 14.0. The van der Waals surface area contributed by atoms with E-state index in [9.17, 15) is 0 Å². The van der Waals surface area contributed by atoms with Crippen LogP contribution in [0.5, 0.6) is 0 Å². The highest BCUT2D eigenvalue weighted by Gasteiger charge is 2.20. The predicted octanol–water partition coefficient (Wildman–Crippen LogP) is 5.10. The van der Waals surface area contributed by atoms with E-state index < -0.39 is 0 Å². The Morgan fingerprint density at radius 3 is 2.81 bits per heavy atom. The van der Waals surface area contributed by atoms with Crippen LogP contribution >= 0.6 is 35.0 Å². The van der Waals surface area contributed by atoms with Crippen LogP contribution in [0.2, 0.25) is 10.0 Å². The van der Waals surface area contributed by atoms with Gasteiger partial charge in [-0.25, -0.2) is 4.98 Å². The molecule has 3 rings (SSSR count). The smallest absolute Gasteiger partial charge is 0.104 e. The molecule has 0 radical (unpaired) electrons. The average Bonchev–Trinajstić information content (AvgIpc) is 3.27. The van der Waals surface area contributed by atoms with Gasteiger partial charge in [-0.1, -0.05) is 41.0 Å². The first-order chi connectivity index (χ1) is 10.1. The molecule has 0 saturated heterocycles. The van der Waals surface area contributed by atoms with Gasteiger partial charge >= 0.3 is 0 Å². The molecular weight excluding hydrogens is 323 g/mol. The summed E-state index contributed by atoms with van der Waals surface area (Å²) in [6.07, 6.45) is 4.53. The predicted molar refractivity (Wildman–Crippen MR) is 89.4 cm³/mol. The second-order valence-electron chi connectivity index (χ2n) is 5.30. The highest BCUT2D eigenvalue weighted by atomic mass is 35.5. The van der Waals surface area contributed by atoms with Crippen LogP contribution in [-0.4, -0.2) is 11.0 Å². The van der Waals surface area contributed by atoms with Crippen molar-refractivity contribution in [3.05, 3.63) is 51.6 Å². The van der Waals surface area contributed by atoms with E-state index in [1.54, 1.807) is 17.8 Å². The van der Waals surface area contributed by atoms with Crippen LogP contribution in [0.3, 0.4) is 0 Å². The Labute approximate surface area is 139 Å². The van der Waals surface area contributed by atoms with E-state index in [2.05, 4.69) is 23.3 Å². The van der Waals surface area contributed by atoms with Crippen LogP contribution in [0, 0.1) is 6.92 Å². The van der Waals surface area contributed by atoms with Gasteiger partial charge in [-0.3, -0.25) is 0 Å². The van der Waals surface area contributed by atoms with E-state index in [1.165, 1.54) is 18.4 Å². The summed E-state index contributed by atoms with van der Waals surface area (Å²) in [5.41, 5.74) is 2.38. The van der Waals surface area contributed by atoms with Gasteiger partial charge in [0.05, 0.1) is 5.02 Å². The van der Waals surface area contributed by atoms with Crippen molar-refractivity contribution in [3.8, 4) is 0 Å². The second-order valence-corrected chi connectivity index (χ2v) is 7.17. The molecule has 1 aliphatic carbocycles. The molecule has 1 aliphatic rings. The van der Waals surface area contributed by atoms with Gasteiger partial charge in [-0.05, 0) is 49.1 Å². The van der Waals surface area contributed by atoms with E-state index >= 15 is 0 Å².